The van der Waals surface area contributed by atoms with Gasteiger partial charge in [-0.25, -0.2) is 0 Å². The number of nitrogen functional groups attached to an aromatic ring is 1. The SMILES string of the molecule is CC(C)=CCn1ccc2c(N)cccc21. The van der Waals surface area contributed by atoms with Gasteiger partial charge in [0.15, 0.2) is 0 Å². The quantitative estimate of drug-likeness (QED) is 0.585. The molecule has 0 saturated heterocycles. The molecule has 15 heavy (non-hydrogen) atoms. The van der Waals surface area contributed by atoms with Crippen molar-refractivity contribution in [2.24, 2.45) is 0 Å². The number of rotatable bonds is 2. The van der Waals surface area contributed by atoms with Crippen molar-refractivity contribution in [3.8, 4) is 0 Å². The predicted molar refractivity (Wildman–Crippen MR) is 65.8 cm³/mol. The topological polar surface area (TPSA) is 30.9 Å². The van der Waals surface area contributed by atoms with Gasteiger partial charge in [-0.2, -0.15) is 0 Å². The van der Waals surface area contributed by atoms with Crippen molar-refractivity contribution in [2.75, 3.05) is 5.73 Å². The number of anilines is 1. The van der Waals surface area contributed by atoms with E-state index in [0.29, 0.717) is 0 Å². The zero-order valence-corrected chi connectivity index (χ0v) is 9.20. The summed E-state index contributed by atoms with van der Waals surface area (Å²) < 4.78 is 2.21. The van der Waals surface area contributed by atoms with Crippen LogP contribution in [0.3, 0.4) is 0 Å². The molecular weight excluding hydrogens is 184 g/mol. The van der Waals surface area contributed by atoms with Crippen LogP contribution in [0.2, 0.25) is 0 Å². The van der Waals surface area contributed by atoms with Crippen LogP contribution < -0.4 is 5.73 Å². The molecular formula is C13H16N2. The third-order valence-corrected chi connectivity index (χ3v) is 2.54. The fourth-order valence-electron chi connectivity index (χ4n) is 1.69. The van der Waals surface area contributed by atoms with Crippen molar-refractivity contribution in [1.29, 1.82) is 0 Å². The number of nitrogens with zero attached hydrogens (tertiary/aromatic N) is 1. The molecule has 0 saturated carbocycles. The Bertz CT molecular complexity index is 502. The molecule has 0 atom stereocenters. The molecule has 78 valence electrons. The van der Waals surface area contributed by atoms with Gasteiger partial charge in [-0.15, -0.1) is 0 Å². The van der Waals surface area contributed by atoms with Crippen LogP contribution in [0.5, 0.6) is 0 Å². The van der Waals surface area contributed by atoms with Crippen molar-refractivity contribution >= 4 is 16.6 Å². The lowest BCUT2D eigenvalue weighted by atomic mass is 10.2. The van der Waals surface area contributed by atoms with Crippen molar-refractivity contribution in [2.45, 2.75) is 20.4 Å². The lowest BCUT2D eigenvalue weighted by Gasteiger charge is -2.02. The molecule has 0 spiro atoms. The van der Waals surface area contributed by atoms with E-state index in [1.54, 1.807) is 0 Å². The van der Waals surface area contributed by atoms with Crippen molar-refractivity contribution in [3.05, 3.63) is 42.1 Å². The molecule has 0 bridgehead atoms. The molecule has 2 nitrogen and oxygen atoms in total. The average Bonchev–Trinajstić information content (AvgIpc) is 2.59. The molecule has 1 heterocycles. The zero-order chi connectivity index (χ0) is 10.8. The molecule has 2 aromatic rings. The summed E-state index contributed by atoms with van der Waals surface area (Å²) in [4.78, 5) is 0. The van der Waals surface area contributed by atoms with E-state index in [-0.39, 0.29) is 0 Å². The van der Waals surface area contributed by atoms with Crippen LogP contribution in [0, 0.1) is 0 Å². The highest BCUT2D eigenvalue weighted by Gasteiger charge is 2.01. The number of nitrogens with two attached hydrogens (primary N) is 1. The van der Waals surface area contributed by atoms with Gasteiger partial charge in [-0.1, -0.05) is 17.7 Å². The maximum Gasteiger partial charge on any atom is 0.0504 e. The zero-order valence-electron chi connectivity index (χ0n) is 9.20. The summed E-state index contributed by atoms with van der Waals surface area (Å²) in [7, 11) is 0. The predicted octanol–water partition coefficient (Wildman–Crippen LogP) is 3.19. The highest BCUT2D eigenvalue weighted by Crippen LogP contribution is 2.21. The van der Waals surface area contributed by atoms with Gasteiger partial charge in [0.05, 0.1) is 5.52 Å². The van der Waals surface area contributed by atoms with E-state index in [9.17, 15) is 0 Å². The van der Waals surface area contributed by atoms with E-state index in [1.807, 2.05) is 12.1 Å². The summed E-state index contributed by atoms with van der Waals surface area (Å²) >= 11 is 0. The Hall–Kier alpha value is -1.70. The van der Waals surface area contributed by atoms with Gasteiger partial charge < -0.3 is 10.3 Å². The summed E-state index contributed by atoms with van der Waals surface area (Å²) in [5.41, 5.74) is 9.28. The third-order valence-electron chi connectivity index (χ3n) is 2.54. The number of benzene rings is 1. The van der Waals surface area contributed by atoms with E-state index in [1.165, 1.54) is 11.1 Å². The Morgan fingerprint density at radius 2 is 2.13 bits per heavy atom. The second-order valence-corrected chi connectivity index (χ2v) is 4.03. The van der Waals surface area contributed by atoms with Crippen LogP contribution in [0.1, 0.15) is 13.8 Å². The second kappa shape index (κ2) is 3.81. The van der Waals surface area contributed by atoms with Crippen LogP contribution in [-0.4, -0.2) is 4.57 Å². The normalized spacial score (nSPS) is 10.5. The van der Waals surface area contributed by atoms with Crippen molar-refractivity contribution in [3.63, 3.8) is 0 Å². The first-order valence-corrected chi connectivity index (χ1v) is 5.15. The molecule has 2 heteroatoms. The Morgan fingerprint density at radius 1 is 1.33 bits per heavy atom. The van der Waals surface area contributed by atoms with Gasteiger partial charge in [0.1, 0.15) is 0 Å². The largest absolute Gasteiger partial charge is 0.398 e. The lowest BCUT2D eigenvalue weighted by Crippen LogP contribution is -1.93. The molecule has 2 N–H and O–H groups in total. The number of hydrogen-bond donors (Lipinski definition) is 1. The van der Waals surface area contributed by atoms with E-state index in [0.717, 1.165) is 17.6 Å². The van der Waals surface area contributed by atoms with Gasteiger partial charge in [-0.3, -0.25) is 0 Å². The van der Waals surface area contributed by atoms with Crippen molar-refractivity contribution in [1.82, 2.24) is 4.57 Å². The van der Waals surface area contributed by atoms with Crippen LogP contribution in [0.4, 0.5) is 5.69 Å². The Balaban J connectivity index is 2.45. The molecule has 0 aliphatic carbocycles. The van der Waals surface area contributed by atoms with Crippen LogP contribution >= 0.6 is 0 Å². The molecule has 0 radical (unpaired) electrons. The van der Waals surface area contributed by atoms with Crippen molar-refractivity contribution < 1.29 is 0 Å². The molecule has 0 unspecified atom stereocenters. The molecule has 2 rings (SSSR count). The van der Waals surface area contributed by atoms with E-state index in [2.05, 4.69) is 42.8 Å². The van der Waals surface area contributed by atoms with Gasteiger partial charge >= 0.3 is 0 Å². The molecule has 0 fully saturated rings. The summed E-state index contributed by atoms with van der Waals surface area (Å²) in [6.07, 6.45) is 4.29. The first-order valence-electron chi connectivity index (χ1n) is 5.15. The summed E-state index contributed by atoms with van der Waals surface area (Å²) in [5, 5.41) is 1.14. The first-order chi connectivity index (χ1) is 7.18. The third kappa shape index (κ3) is 1.89. The van der Waals surface area contributed by atoms with E-state index < -0.39 is 0 Å². The minimum Gasteiger partial charge on any atom is -0.398 e. The van der Waals surface area contributed by atoms with Crippen LogP contribution in [0.25, 0.3) is 10.9 Å². The summed E-state index contributed by atoms with van der Waals surface area (Å²) in [6, 6.07) is 8.11. The van der Waals surface area contributed by atoms with Crippen LogP contribution in [0.15, 0.2) is 42.1 Å². The molecule has 0 amide bonds. The molecule has 1 aromatic heterocycles. The van der Waals surface area contributed by atoms with Crippen LogP contribution in [-0.2, 0) is 6.54 Å². The number of hydrogen-bond acceptors (Lipinski definition) is 1. The Kier molecular flexibility index (Phi) is 2.50. The minimum atomic E-state index is 0.850. The maximum absolute atomic E-state index is 5.90. The summed E-state index contributed by atoms with van der Waals surface area (Å²) in [6.45, 7) is 5.13. The minimum absolute atomic E-state index is 0.850. The van der Waals surface area contributed by atoms with Gasteiger partial charge in [0.25, 0.3) is 0 Å². The highest BCUT2D eigenvalue weighted by molar-refractivity contribution is 5.91. The Morgan fingerprint density at radius 3 is 2.87 bits per heavy atom. The maximum atomic E-state index is 5.90. The fraction of sp³-hybridized carbons (Fsp3) is 0.231. The highest BCUT2D eigenvalue weighted by atomic mass is 14.9. The number of allylic oxidation sites excluding steroid dienone is 2. The monoisotopic (exact) mass is 200 g/mol. The molecule has 1 aromatic carbocycles. The molecule has 0 aliphatic rings. The first kappa shape index (κ1) is 9.84. The molecule has 0 aliphatic heterocycles. The fourth-order valence-corrected chi connectivity index (χ4v) is 1.69. The standard InChI is InChI=1S/C13H16N2/c1-10(2)6-8-15-9-7-11-12(14)4-3-5-13(11)15/h3-7,9H,8,14H2,1-2H3. The Labute approximate surface area is 90.0 Å². The number of fused-ring (bicyclic) bond motifs is 1. The lowest BCUT2D eigenvalue weighted by molar-refractivity contribution is 0.856. The van der Waals surface area contributed by atoms with Gasteiger partial charge in [-0.05, 0) is 32.0 Å². The number of aromatic nitrogens is 1. The second-order valence-electron chi connectivity index (χ2n) is 4.03. The average molecular weight is 200 g/mol. The van der Waals surface area contributed by atoms with E-state index >= 15 is 0 Å². The smallest absolute Gasteiger partial charge is 0.0504 e. The van der Waals surface area contributed by atoms with E-state index in [4.69, 9.17) is 5.73 Å². The summed E-state index contributed by atoms with van der Waals surface area (Å²) in [5.74, 6) is 0. The van der Waals surface area contributed by atoms with Gasteiger partial charge in [0, 0.05) is 23.8 Å². The van der Waals surface area contributed by atoms with Gasteiger partial charge in [0.2, 0.25) is 0 Å².